The Labute approximate surface area is 115 Å². The van der Waals surface area contributed by atoms with Crippen LogP contribution in [0.4, 0.5) is 0 Å². The number of amides is 2. The van der Waals surface area contributed by atoms with E-state index in [4.69, 9.17) is 0 Å². The first-order valence-electron chi connectivity index (χ1n) is 5.84. The van der Waals surface area contributed by atoms with Crippen LogP contribution in [0.2, 0.25) is 0 Å². The largest absolute Gasteiger partial charge is 0.273 e. The Morgan fingerprint density at radius 2 is 1.89 bits per heavy atom. The Kier molecular flexibility index (Phi) is 5.85. The number of rotatable bonds is 4. The summed E-state index contributed by atoms with van der Waals surface area (Å²) in [7, 11) is 0. The number of hydrogen-bond donors (Lipinski definition) is 2. The average molecular weight is 313 g/mol. The summed E-state index contributed by atoms with van der Waals surface area (Å²) in [5.41, 5.74) is 5.29. The second kappa shape index (κ2) is 7.16. The minimum atomic E-state index is -0.333. The van der Waals surface area contributed by atoms with Crippen LogP contribution in [0.5, 0.6) is 0 Å². The molecule has 0 atom stereocenters. The van der Waals surface area contributed by atoms with Crippen molar-refractivity contribution in [2.75, 3.05) is 0 Å². The van der Waals surface area contributed by atoms with E-state index in [1.807, 2.05) is 19.9 Å². The summed E-state index contributed by atoms with van der Waals surface area (Å²) in [5.74, 6) is -0.0424. The quantitative estimate of drug-likeness (QED) is 0.840. The zero-order chi connectivity index (χ0) is 13.5. The smallest absolute Gasteiger partial charge is 0.270 e. The van der Waals surface area contributed by atoms with Crippen molar-refractivity contribution >= 4 is 27.7 Å². The minimum absolute atomic E-state index is 0.177. The van der Waals surface area contributed by atoms with Crippen molar-refractivity contribution in [1.29, 1.82) is 0 Å². The molecule has 2 amide bonds. The van der Waals surface area contributed by atoms with E-state index in [-0.39, 0.29) is 11.8 Å². The van der Waals surface area contributed by atoms with E-state index < -0.39 is 0 Å². The zero-order valence-corrected chi connectivity index (χ0v) is 12.1. The van der Waals surface area contributed by atoms with Gasteiger partial charge in [-0.2, -0.15) is 0 Å². The fourth-order valence-electron chi connectivity index (χ4n) is 1.32. The monoisotopic (exact) mass is 312 g/mol. The summed E-state index contributed by atoms with van der Waals surface area (Å²) in [6, 6.07) is 7.04. The lowest BCUT2D eigenvalue weighted by atomic mass is 10.1. The van der Waals surface area contributed by atoms with Gasteiger partial charge in [0.15, 0.2) is 0 Å². The Bertz CT molecular complexity index is 433. The number of hydrazine groups is 1. The highest BCUT2D eigenvalue weighted by Crippen LogP contribution is 2.15. The van der Waals surface area contributed by atoms with Crippen molar-refractivity contribution in [2.24, 2.45) is 5.92 Å². The van der Waals surface area contributed by atoms with Gasteiger partial charge in [0.25, 0.3) is 5.91 Å². The van der Waals surface area contributed by atoms with E-state index >= 15 is 0 Å². The molecule has 0 spiro atoms. The molecule has 4 nitrogen and oxygen atoms in total. The summed E-state index contributed by atoms with van der Waals surface area (Å²) >= 11 is 3.28. The van der Waals surface area contributed by atoms with Gasteiger partial charge in [-0.05, 0) is 40.4 Å². The summed E-state index contributed by atoms with van der Waals surface area (Å²) < 4.78 is 0.693. The van der Waals surface area contributed by atoms with Crippen molar-refractivity contribution in [3.63, 3.8) is 0 Å². The van der Waals surface area contributed by atoms with E-state index in [1.165, 1.54) is 0 Å². The molecule has 0 aliphatic carbocycles. The van der Waals surface area contributed by atoms with Crippen molar-refractivity contribution < 1.29 is 9.59 Å². The summed E-state index contributed by atoms with van der Waals surface area (Å²) in [5, 5.41) is 0. The van der Waals surface area contributed by atoms with Crippen LogP contribution in [-0.2, 0) is 4.79 Å². The molecule has 5 heteroatoms. The molecule has 18 heavy (non-hydrogen) atoms. The Balaban J connectivity index is 2.42. The van der Waals surface area contributed by atoms with E-state index in [0.29, 0.717) is 22.4 Å². The molecule has 0 bridgehead atoms. The predicted octanol–water partition coefficient (Wildman–Crippen LogP) is 2.65. The van der Waals surface area contributed by atoms with Crippen LogP contribution >= 0.6 is 15.9 Å². The van der Waals surface area contributed by atoms with Gasteiger partial charge in [-0.15, -0.1) is 0 Å². The molecule has 0 fully saturated rings. The van der Waals surface area contributed by atoms with Gasteiger partial charge in [-0.1, -0.05) is 26.0 Å². The molecule has 0 unspecified atom stereocenters. The molecule has 98 valence electrons. The van der Waals surface area contributed by atoms with Crippen molar-refractivity contribution in [1.82, 2.24) is 10.9 Å². The summed E-state index contributed by atoms with van der Waals surface area (Å²) in [4.78, 5) is 23.2. The lowest BCUT2D eigenvalue weighted by molar-refractivity contribution is -0.122. The van der Waals surface area contributed by atoms with E-state index in [0.717, 1.165) is 6.42 Å². The van der Waals surface area contributed by atoms with Gasteiger partial charge in [0.2, 0.25) is 5.91 Å². The van der Waals surface area contributed by atoms with Crippen LogP contribution in [0.15, 0.2) is 28.7 Å². The van der Waals surface area contributed by atoms with Crippen LogP contribution in [0.25, 0.3) is 0 Å². The Morgan fingerprint density at radius 3 is 2.50 bits per heavy atom. The van der Waals surface area contributed by atoms with Gasteiger partial charge in [0.1, 0.15) is 0 Å². The van der Waals surface area contributed by atoms with Crippen LogP contribution < -0.4 is 10.9 Å². The lowest BCUT2D eigenvalue weighted by Gasteiger charge is -2.09. The molecule has 2 N–H and O–H groups in total. The molecular formula is C13H17BrN2O2. The maximum absolute atomic E-state index is 11.8. The number of carbonyl (C=O) groups excluding carboxylic acids is 2. The first-order valence-corrected chi connectivity index (χ1v) is 6.63. The van der Waals surface area contributed by atoms with Gasteiger partial charge >= 0.3 is 0 Å². The van der Waals surface area contributed by atoms with E-state index in [2.05, 4.69) is 26.8 Å². The van der Waals surface area contributed by atoms with E-state index in [1.54, 1.807) is 18.2 Å². The van der Waals surface area contributed by atoms with Crippen LogP contribution in [0.1, 0.15) is 37.0 Å². The standard InChI is InChI=1S/C13H17BrN2O2/c1-9(2)7-8-12(17)15-16-13(18)10-5-3-4-6-11(10)14/h3-6,9H,7-8H2,1-2H3,(H,15,17)(H,16,18). The topological polar surface area (TPSA) is 58.2 Å². The molecule has 1 aromatic carbocycles. The van der Waals surface area contributed by atoms with Crippen LogP contribution in [0, 0.1) is 5.92 Å². The highest BCUT2D eigenvalue weighted by atomic mass is 79.9. The van der Waals surface area contributed by atoms with Gasteiger partial charge in [-0.3, -0.25) is 20.4 Å². The van der Waals surface area contributed by atoms with Gasteiger partial charge in [0.05, 0.1) is 5.56 Å². The molecule has 0 aliphatic rings. The number of benzene rings is 1. The second-order valence-electron chi connectivity index (χ2n) is 4.41. The first kappa shape index (κ1) is 14.7. The molecule has 0 saturated carbocycles. The third kappa shape index (κ3) is 4.87. The van der Waals surface area contributed by atoms with Crippen molar-refractivity contribution in [3.8, 4) is 0 Å². The number of carbonyl (C=O) groups is 2. The number of halogens is 1. The zero-order valence-electron chi connectivity index (χ0n) is 10.5. The third-order valence-electron chi connectivity index (χ3n) is 2.38. The molecular weight excluding hydrogens is 296 g/mol. The second-order valence-corrected chi connectivity index (χ2v) is 5.27. The lowest BCUT2D eigenvalue weighted by Crippen LogP contribution is -2.41. The maximum Gasteiger partial charge on any atom is 0.270 e. The molecule has 0 aromatic heterocycles. The molecule has 0 saturated heterocycles. The van der Waals surface area contributed by atoms with Gasteiger partial charge < -0.3 is 0 Å². The highest BCUT2D eigenvalue weighted by Gasteiger charge is 2.10. The average Bonchev–Trinajstić information content (AvgIpc) is 2.34. The van der Waals surface area contributed by atoms with Crippen molar-refractivity contribution in [2.45, 2.75) is 26.7 Å². The Hall–Kier alpha value is -1.36. The number of hydrogen-bond acceptors (Lipinski definition) is 2. The molecule has 0 radical (unpaired) electrons. The van der Waals surface area contributed by atoms with Gasteiger partial charge in [0, 0.05) is 10.9 Å². The van der Waals surface area contributed by atoms with Crippen molar-refractivity contribution in [3.05, 3.63) is 34.3 Å². The fraction of sp³-hybridized carbons (Fsp3) is 0.385. The molecule has 0 aliphatic heterocycles. The SMILES string of the molecule is CC(C)CCC(=O)NNC(=O)c1ccccc1Br. The minimum Gasteiger partial charge on any atom is -0.273 e. The van der Waals surface area contributed by atoms with Crippen LogP contribution in [0.3, 0.4) is 0 Å². The maximum atomic E-state index is 11.8. The normalized spacial score (nSPS) is 10.2. The summed E-state index contributed by atoms with van der Waals surface area (Å²) in [6.45, 7) is 4.10. The molecule has 1 aromatic rings. The highest BCUT2D eigenvalue weighted by molar-refractivity contribution is 9.10. The first-order chi connectivity index (χ1) is 8.50. The predicted molar refractivity (Wildman–Crippen MR) is 73.8 cm³/mol. The van der Waals surface area contributed by atoms with Gasteiger partial charge in [-0.25, -0.2) is 0 Å². The number of nitrogens with one attached hydrogen (secondary N) is 2. The Morgan fingerprint density at radius 1 is 1.22 bits per heavy atom. The fourth-order valence-corrected chi connectivity index (χ4v) is 1.79. The third-order valence-corrected chi connectivity index (χ3v) is 3.07. The summed E-state index contributed by atoms with van der Waals surface area (Å²) in [6.07, 6.45) is 1.21. The molecule has 0 heterocycles. The molecule has 1 rings (SSSR count). The van der Waals surface area contributed by atoms with E-state index in [9.17, 15) is 9.59 Å². The van der Waals surface area contributed by atoms with Crippen LogP contribution in [-0.4, -0.2) is 11.8 Å².